The lowest BCUT2D eigenvalue weighted by atomic mass is 9.95. The predicted molar refractivity (Wildman–Crippen MR) is 187 cm³/mol. The van der Waals surface area contributed by atoms with E-state index in [0.29, 0.717) is 50.1 Å². The molecule has 1 N–H and O–H groups in total. The summed E-state index contributed by atoms with van der Waals surface area (Å²) in [5.41, 5.74) is 3.84. The molecule has 9 nitrogen and oxygen atoms in total. The summed E-state index contributed by atoms with van der Waals surface area (Å²) in [6.45, 7) is 2.39. The molecule has 0 bridgehead atoms. The number of hydrogen-bond acceptors (Lipinski definition) is 10. The van der Waals surface area contributed by atoms with Crippen molar-refractivity contribution in [3.05, 3.63) is 129 Å². The lowest BCUT2D eigenvalue weighted by Crippen LogP contribution is -2.29. The predicted octanol–water partition coefficient (Wildman–Crippen LogP) is 8.01. The number of rotatable bonds is 11. The maximum Gasteiger partial charge on any atom is 0.301 e. The van der Waals surface area contributed by atoms with Crippen LogP contribution in [0.2, 0.25) is 5.02 Å². The molecule has 244 valence electrons. The van der Waals surface area contributed by atoms with Gasteiger partial charge in [0.2, 0.25) is 5.13 Å². The number of carbonyl (C=O) groups excluding carboxylic acids is 2. The van der Waals surface area contributed by atoms with E-state index in [1.165, 1.54) is 42.2 Å². The second-order valence-corrected chi connectivity index (χ2v) is 13.4. The molecular weight excluding hydrogens is 670 g/mol. The third kappa shape index (κ3) is 6.89. The average molecular weight is 700 g/mol. The summed E-state index contributed by atoms with van der Waals surface area (Å²) in [5.74, 6) is -0.0469. The van der Waals surface area contributed by atoms with Gasteiger partial charge in [-0.3, -0.25) is 14.5 Å². The molecule has 0 spiro atoms. The van der Waals surface area contributed by atoms with Crippen LogP contribution in [0.1, 0.15) is 33.9 Å². The maximum absolute atomic E-state index is 13.7. The number of carbonyl (C=O) groups is 2. The lowest BCUT2D eigenvalue weighted by molar-refractivity contribution is -0.132. The molecule has 4 aromatic carbocycles. The topological polar surface area (TPSA) is 111 Å². The van der Waals surface area contributed by atoms with Crippen molar-refractivity contribution in [1.82, 2.24) is 10.2 Å². The summed E-state index contributed by atoms with van der Waals surface area (Å²) in [7, 11) is 3.01. The molecule has 1 aliphatic rings. The first-order valence-corrected chi connectivity index (χ1v) is 17.0. The van der Waals surface area contributed by atoms with Gasteiger partial charge in [0.25, 0.3) is 5.78 Å². The molecule has 0 aliphatic carbocycles. The van der Waals surface area contributed by atoms with Gasteiger partial charge >= 0.3 is 5.91 Å². The first-order chi connectivity index (χ1) is 23.3. The van der Waals surface area contributed by atoms with E-state index in [4.69, 9.17) is 25.8 Å². The molecule has 1 amide bonds. The Hall–Kier alpha value is -4.84. The second kappa shape index (κ2) is 14.5. The van der Waals surface area contributed by atoms with Crippen LogP contribution in [0, 0.1) is 6.92 Å². The Morgan fingerprint density at radius 1 is 0.938 bits per heavy atom. The van der Waals surface area contributed by atoms with Crippen LogP contribution in [0.25, 0.3) is 5.76 Å². The molecule has 6 rings (SSSR count). The first kappa shape index (κ1) is 33.1. The highest BCUT2D eigenvalue weighted by Gasteiger charge is 2.48. The van der Waals surface area contributed by atoms with Crippen molar-refractivity contribution in [3.8, 4) is 17.2 Å². The largest absolute Gasteiger partial charge is 0.507 e. The van der Waals surface area contributed by atoms with Crippen LogP contribution in [-0.2, 0) is 21.9 Å². The number of aryl methyl sites for hydroxylation is 1. The van der Waals surface area contributed by atoms with Gasteiger partial charge in [0.1, 0.15) is 18.1 Å². The standard InChI is InChI=1S/C36H30ClN3O6S2/c1-21-7-6-8-22(17-21)19-46-26-14-11-23(12-15-26)32(41)30-31(24-13-16-28(44-2)29(18-24)45-3)40(34(43)33(30)42)35-38-39-36(48-35)47-20-25-9-4-5-10-27(25)37/h4-18,31,41H,19-20H2,1-3H3. The number of Topliss-reactive ketones (excluding diaryl/α,β-unsaturated/α-hetero) is 1. The molecule has 5 aromatic rings. The molecule has 1 unspecified atom stereocenters. The van der Waals surface area contributed by atoms with Gasteiger partial charge in [-0.05, 0) is 66.1 Å². The Morgan fingerprint density at radius 2 is 1.71 bits per heavy atom. The second-order valence-electron chi connectivity index (χ2n) is 10.8. The minimum Gasteiger partial charge on any atom is -0.507 e. The molecule has 0 radical (unpaired) electrons. The van der Waals surface area contributed by atoms with Crippen molar-refractivity contribution in [3.63, 3.8) is 0 Å². The monoisotopic (exact) mass is 699 g/mol. The van der Waals surface area contributed by atoms with E-state index in [-0.39, 0.29) is 16.5 Å². The van der Waals surface area contributed by atoms with E-state index < -0.39 is 17.7 Å². The molecule has 12 heteroatoms. The van der Waals surface area contributed by atoms with Crippen molar-refractivity contribution >= 4 is 57.3 Å². The van der Waals surface area contributed by atoms with Gasteiger partial charge in [-0.25, -0.2) is 0 Å². The van der Waals surface area contributed by atoms with Crippen molar-refractivity contribution < 1.29 is 28.9 Å². The summed E-state index contributed by atoms with van der Waals surface area (Å²) < 4.78 is 17.5. The van der Waals surface area contributed by atoms with Crippen LogP contribution >= 0.6 is 34.7 Å². The summed E-state index contributed by atoms with van der Waals surface area (Å²) in [5, 5.41) is 21.1. The number of aromatic nitrogens is 2. The van der Waals surface area contributed by atoms with E-state index in [1.54, 1.807) is 42.5 Å². The first-order valence-electron chi connectivity index (χ1n) is 14.8. The fourth-order valence-electron chi connectivity index (χ4n) is 5.31. The van der Waals surface area contributed by atoms with Gasteiger partial charge in [-0.2, -0.15) is 0 Å². The summed E-state index contributed by atoms with van der Waals surface area (Å²) in [6, 6.07) is 26.3. The number of methoxy groups -OCH3 is 2. The molecule has 1 saturated heterocycles. The Balaban J connectivity index is 1.34. The van der Waals surface area contributed by atoms with Gasteiger partial charge in [0.15, 0.2) is 15.8 Å². The molecule has 0 saturated carbocycles. The van der Waals surface area contributed by atoms with E-state index in [0.717, 1.165) is 16.7 Å². The highest BCUT2D eigenvalue weighted by Crippen LogP contribution is 2.45. The Kier molecular flexibility index (Phi) is 10.00. The number of hydrogen-bond donors (Lipinski definition) is 1. The highest BCUT2D eigenvalue weighted by molar-refractivity contribution is 8.00. The minimum absolute atomic E-state index is 0.0962. The number of aliphatic hydroxyl groups excluding tert-OH is 1. The maximum atomic E-state index is 13.7. The van der Waals surface area contributed by atoms with E-state index in [1.807, 2.05) is 55.5 Å². The summed E-state index contributed by atoms with van der Waals surface area (Å²) >= 11 is 8.91. The quantitative estimate of drug-likeness (QED) is 0.0482. The van der Waals surface area contributed by atoms with Crippen molar-refractivity contribution in [2.45, 2.75) is 29.7 Å². The van der Waals surface area contributed by atoms with Crippen LogP contribution < -0.4 is 19.1 Å². The van der Waals surface area contributed by atoms with Gasteiger partial charge in [-0.1, -0.05) is 88.8 Å². The minimum atomic E-state index is -1.03. The number of ether oxygens (including phenoxy) is 3. The SMILES string of the molecule is COc1ccc(C2C(=C(O)c3ccc(OCc4cccc(C)c4)cc3)C(=O)C(=O)N2c2nnc(SCc3ccccc3Cl)s2)cc1OC. The van der Waals surface area contributed by atoms with Gasteiger partial charge in [0.05, 0.1) is 25.8 Å². The van der Waals surface area contributed by atoms with Crippen molar-refractivity contribution in [1.29, 1.82) is 0 Å². The molecule has 1 aliphatic heterocycles. The van der Waals surface area contributed by atoms with Crippen molar-refractivity contribution in [2.24, 2.45) is 0 Å². The summed E-state index contributed by atoms with van der Waals surface area (Å²) in [6.07, 6.45) is 0. The Labute approximate surface area is 290 Å². The Morgan fingerprint density at radius 3 is 2.44 bits per heavy atom. The third-order valence-corrected chi connectivity index (χ3v) is 10.2. The number of thioether (sulfide) groups is 1. The zero-order valence-corrected chi connectivity index (χ0v) is 28.6. The van der Waals surface area contributed by atoms with Gasteiger partial charge in [-0.15, -0.1) is 10.2 Å². The normalized spacial score (nSPS) is 15.5. The molecular formula is C36H30ClN3O6S2. The van der Waals surface area contributed by atoms with Gasteiger partial charge in [0, 0.05) is 16.3 Å². The number of aliphatic hydroxyl groups is 1. The van der Waals surface area contributed by atoms with Crippen molar-refractivity contribution in [2.75, 3.05) is 19.1 Å². The van der Waals surface area contributed by atoms with Crippen LogP contribution in [0.5, 0.6) is 17.2 Å². The van der Waals surface area contributed by atoms with Gasteiger partial charge < -0.3 is 19.3 Å². The number of anilines is 1. The zero-order chi connectivity index (χ0) is 33.8. The molecule has 48 heavy (non-hydrogen) atoms. The molecule has 1 fully saturated rings. The molecule has 1 aromatic heterocycles. The average Bonchev–Trinajstić information content (AvgIpc) is 3.68. The number of nitrogens with zero attached hydrogens (tertiary/aromatic N) is 3. The smallest absolute Gasteiger partial charge is 0.301 e. The number of ketones is 1. The highest BCUT2D eigenvalue weighted by atomic mass is 35.5. The van der Waals surface area contributed by atoms with Crippen LogP contribution in [0.3, 0.4) is 0 Å². The third-order valence-electron chi connectivity index (χ3n) is 7.69. The van der Waals surface area contributed by atoms with Crippen LogP contribution in [0.15, 0.2) is 101 Å². The fraction of sp³-hybridized carbons (Fsp3) is 0.167. The molecule has 1 atom stereocenters. The lowest BCUT2D eigenvalue weighted by Gasteiger charge is -2.23. The number of amides is 1. The number of halogens is 1. The van der Waals surface area contributed by atoms with Crippen LogP contribution in [0.4, 0.5) is 5.13 Å². The fourth-order valence-corrected chi connectivity index (χ4v) is 7.47. The number of benzene rings is 4. The summed E-state index contributed by atoms with van der Waals surface area (Å²) in [4.78, 5) is 28.7. The van der Waals surface area contributed by atoms with E-state index in [9.17, 15) is 14.7 Å². The van der Waals surface area contributed by atoms with E-state index in [2.05, 4.69) is 10.2 Å². The Bertz CT molecular complexity index is 2010. The van der Waals surface area contributed by atoms with Crippen LogP contribution in [-0.4, -0.2) is 41.2 Å². The molecule has 2 heterocycles. The van der Waals surface area contributed by atoms with E-state index >= 15 is 0 Å². The zero-order valence-electron chi connectivity index (χ0n) is 26.2.